The Labute approximate surface area is 123 Å². The molecule has 1 heterocycles. The molecule has 0 bridgehead atoms. The van der Waals surface area contributed by atoms with Crippen molar-refractivity contribution in [2.24, 2.45) is 0 Å². The van der Waals surface area contributed by atoms with Gasteiger partial charge in [0.2, 0.25) is 0 Å². The third-order valence-electron chi connectivity index (χ3n) is 2.99. The normalized spacial score (nSPS) is 10.7. The predicted molar refractivity (Wildman–Crippen MR) is 82.6 cm³/mol. The smallest absolute Gasteiger partial charge is 0.255 e. The highest BCUT2D eigenvalue weighted by atomic mass is 79.9. The molecular weight excluding hydrogens is 320 g/mol. The maximum atomic E-state index is 12.2. The number of nitrogens with two attached hydrogens (primary N) is 1. The monoisotopic (exact) mass is 330 g/mol. The fraction of sp³-hybridized carbons (Fsp3) is 0. The molecule has 0 saturated heterocycles. The van der Waals surface area contributed by atoms with Crippen LogP contribution < -0.4 is 11.1 Å². The number of aromatic amines is 1. The zero-order chi connectivity index (χ0) is 14.1. The number of hydrogen-bond donors (Lipinski definition) is 3. The van der Waals surface area contributed by atoms with E-state index in [0.29, 0.717) is 21.4 Å². The standard InChI is InChI=1S/C14H11BrN4O/c15-10-6-8(4-5-11(10)16)14(20)18-12-3-1-2-9-7-17-19-13(9)12/h1-7H,16H2,(H,17,19)(H,18,20). The molecule has 0 aliphatic rings. The molecule has 6 heteroatoms. The fourth-order valence-electron chi connectivity index (χ4n) is 1.94. The number of aromatic nitrogens is 2. The maximum absolute atomic E-state index is 12.2. The number of H-pyrrole nitrogens is 1. The molecule has 0 aliphatic heterocycles. The number of anilines is 2. The molecule has 100 valence electrons. The maximum Gasteiger partial charge on any atom is 0.255 e. The van der Waals surface area contributed by atoms with Gasteiger partial charge in [0.25, 0.3) is 5.91 Å². The van der Waals surface area contributed by atoms with E-state index < -0.39 is 0 Å². The predicted octanol–water partition coefficient (Wildman–Crippen LogP) is 3.16. The molecule has 0 atom stereocenters. The van der Waals surface area contributed by atoms with E-state index in [0.717, 1.165) is 10.9 Å². The number of benzene rings is 2. The molecule has 5 nitrogen and oxygen atoms in total. The number of nitrogen functional groups attached to an aromatic ring is 1. The number of carbonyl (C=O) groups excluding carboxylic acids is 1. The Morgan fingerprint density at radius 3 is 2.95 bits per heavy atom. The van der Waals surface area contributed by atoms with Crippen LogP contribution in [0.15, 0.2) is 47.1 Å². The van der Waals surface area contributed by atoms with Crippen molar-refractivity contribution in [2.45, 2.75) is 0 Å². The second-order valence-corrected chi connectivity index (χ2v) is 5.18. The summed E-state index contributed by atoms with van der Waals surface area (Å²) in [6, 6.07) is 10.7. The van der Waals surface area contributed by atoms with E-state index >= 15 is 0 Å². The molecule has 0 aliphatic carbocycles. The van der Waals surface area contributed by atoms with Crippen LogP contribution in [0.2, 0.25) is 0 Å². The van der Waals surface area contributed by atoms with Crippen LogP contribution in [0, 0.1) is 0 Å². The van der Waals surface area contributed by atoms with E-state index in [2.05, 4.69) is 31.4 Å². The largest absolute Gasteiger partial charge is 0.398 e. The highest BCUT2D eigenvalue weighted by molar-refractivity contribution is 9.10. The Morgan fingerprint density at radius 1 is 1.30 bits per heavy atom. The molecule has 1 amide bonds. The summed E-state index contributed by atoms with van der Waals surface area (Å²) < 4.78 is 0.699. The molecule has 2 aromatic carbocycles. The van der Waals surface area contributed by atoms with Gasteiger partial charge >= 0.3 is 0 Å². The summed E-state index contributed by atoms with van der Waals surface area (Å²) in [5.74, 6) is -0.201. The van der Waals surface area contributed by atoms with Crippen molar-refractivity contribution in [2.75, 3.05) is 11.1 Å². The number of halogens is 1. The first kappa shape index (κ1) is 12.7. The van der Waals surface area contributed by atoms with E-state index in [1.807, 2.05) is 18.2 Å². The molecule has 20 heavy (non-hydrogen) atoms. The minimum Gasteiger partial charge on any atom is -0.398 e. The Kier molecular flexibility index (Phi) is 3.15. The summed E-state index contributed by atoms with van der Waals surface area (Å²) in [5, 5.41) is 10.6. The van der Waals surface area contributed by atoms with Crippen molar-refractivity contribution in [3.05, 3.63) is 52.6 Å². The molecule has 1 aromatic heterocycles. The lowest BCUT2D eigenvalue weighted by atomic mass is 10.2. The van der Waals surface area contributed by atoms with Gasteiger partial charge in [0.05, 0.1) is 17.4 Å². The van der Waals surface area contributed by atoms with Crippen molar-refractivity contribution in [3.8, 4) is 0 Å². The van der Waals surface area contributed by atoms with Crippen LogP contribution in [0.3, 0.4) is 0 Å². The minimum atomic E-state index is -0.201. The number of nitrogens with one attached hydrogen (secondary N) is 2. The lowest BCUT2D eigenvalue weighted by Crippen LogP contribution is -2.12. The van der Waals surface area contributed by atoms with Crippen LogP contribution >= 0.6 is 15.9 Å². The molecule has 0 saturated carbocycles. The molecule has 0 radical (unpaired) electrons. The second kappa shape index (κ2) is 4.97. The van der Waals surface area contributed by atoms with Gasteiger partial charge in [-0.05, 0) is 40.2 Å². The first-order valence-electron chi connectivity index (χ1n) is 5.93. The number of nitrogens with zero attached hydrogens (tertiary/aromatic N) is 1. The summed E-state index contributed by atoms with van der Waals surface area (Å²) in [6.45, 7) is 0. The average molecular weight is 331 g/mol. The molecule has 3 rings (SSSR count). The number of rotatable bonds is 2. The van der Waals surface area contributed by atoms with Crippen LogP contribution in [0.25, 0.3) is 10.9 Å². The van der Waals surface area contributed by atoms with Gasteiger partial charge in [-0.25, -0.2) is 0 Å². The van der Waals surface area contributed by atoms with Gasteiger partial charge < -0.3 is 11.1 Å². The van der Waals surface area contributed by atoms with Gasteiger partial charge in [-0.1, -0.05) is 12.1 Å². The Balaban J connectivity index is 1.92. The fourth-order valence-corrected chi connectivity index (χ4v) is 2.31. The van der Waals surface area contributed by atoms with Crippen molar-refractivity contribution in [1.82, 2.24) is 10.2 Å². The molecule has 4 N–H and O–H groups in total. The lowest BCUT2D eigenvalue weighted by molar-refractivity contribution is 0.102. The lowest BCUT2D eigenvalue weighted by Gasteiger charge is -2.07. The highest BCUT2D eigenvalue weighted by Gasteiger charge is 2.10. The summed E-state index contributed by atoms with van der Waals surface area (Å²) in [6.07, 6.45) is 1.71. The Bertz CT molecular complexity index is 797. The van der Waals surface area contributed by atoms with Crippen LogP contribution in [0.5, 0.6) is 0 Å². The second-order valence-electron chi connectivity index (χ2n) is 4.33. The number of carbonyl (C=O) groups is 1. The summed E-state index contributed by atoms with van der Waals surface area (Å²) in [4.78, 5) is 12.2. The van der Waals surface area contributed by atoms with Crippen molar-refractivity contribution in [3.63, 3.8) is 0 Å². The topological polar surface area (TPSA) is 83.8 Å². The number of amides is 1. The minimum absolute atomic E-state index is 0.201. The number of fused-ring (bicyclic) bond motifs is 1. The van der Waals surface area contributed by atoms with Gasteiger partial charge in [-0.15, -0.1) is 0 Å². The Hall–Kier alpha value is -2.34. The number of hydrogen-bond acceptors (Lipinski definition) is 3. The molecule has 3 aromatic rings. The van der Waals surface area contributed by atoms with Gasteiger partial charge in [0.1, 0.15) is 0 Å². The van der Waals surface area contributed by atoms with Crippen LogP contribution in [-0.2, 0) is 0 Å². The molecular formula is C14H11BrN4O. The van der Waals surface area contributed by atoms with Crippen molar-refractivity contribution in [1.29, 1.82) is 0 Å². The molecule has 0 fully saturated rings. The van der Waals surface area contributed by atoms with Gasteiger partial charge in [-0.2, -0.15) is 5.10 Å². The molecule has 0 spiro atoms. The van der Waals surface area contributed by atoms with Gasteiger partial charge in [0, 0.05) is 21.1 Å². The quantitative estimate of drug-likeness (QED) is 0.631. The van der Waals surface area contributed by atoms with Crippen molar-refractivity contribution < 1.29 is 4.79 Å². The highest BCUT2D eigenvalue weighted by Crippen LogP contribution is 2.23. The summed E-state index contributed by atoms with van der Waals surface area (Å²) in [7, 11) is 0. The van der Waals surface area contributed by atoms with E-state index in [9.17, 15) is 4.79 Å². The van der Waals surface area contributed by atoms with Crippen LogP contribution in [0.1, 0.15) is 10.4 Å². The summed E-state index contributed by atoms with van der Waals surface area (Å²) in [5.41, 5.74) is 8.33. The first-order valence-corrected chi connectivity index (χ1v) is 6.73. The van der Waals surface area contributed by atoms with Gasteiger partial charge in [0.15, 0.2) is 0 Å². The van der Waals surface area contributed by atoms with E-state index in [1.54, 1.807) is 24.4 Å². The van der Waals surface area contributed by atoms with E-state index in [-0.39, 0.29) is 5.91 Å². The van der Waals surface area contributed by atoms with Gasteiger partial charge in [-0.3, -0.25) is 9.89 Å². The number of para-hydroxylation sites is 1. The van der Waals surface area contributed by atoms with Crippen molar-refractivity contribution >= 4 is 44.1 Å². The van der Waals surface area contributed by atoms with E-state index in [4.69, 9.17) is 5.73 Å². The molecule has 0 unspecified atom stereocenters. The van der Waals surface area contributed by atoms with E-state index in [1.165, 1.54) is 0 Å². The van der Waals surface area contributed by atoms with Crippen LogP contribution in [-0.4, -0.2) is 16.1 Å². The SMILES string of the molecule is Nc1ccc(C(=O)Nc2cccc3cn[nH]c23)cc1Br. The zero-order valence-electron chi connectivity index (χ0n) is 10.4. The zero-order valence-corrected chi connectivity index (χ0v) is 11.9. The third-order valence-corrected chi connectivity index (χ3v) is 3.67. The third kappa shape index (κ3) is 2.25. The van der Waals surface area contributed by atoms with Crippen LogP contribution in [0.4, 0.5) is 11.4 Å². The Morgan fingerprint density at radius 2 is 2.15 bits per heavy atom. The average Bonchev–Trinajstić information content (AvgIpc) is 2.91. The first-order chi connectivity index (χ1) is 9.65. The summed E-state index contributed by atoms with van der Waals surface area (Å²) >= 11 is 3.31.